The van der Waals surface area contributed by atoms with Gasteiger partial charge in [0, 0.05) is 32.5 Å². The molecule has 0 aliphatic carbocycles. The number of rotatable bonds is 6. The highest BCUT2D eigenvalue weighted by Gasteiger charge is 2.21. The number of nitrogens with one attached hydrogen (secondary N) is 2. The van der Waals surface area contributed by atoms with Crippen LogP contribution in [0.1, 0.15) is 39.0 Å². The fourth-order valence-corrected chi connectivity index (χ4v) is 2.15. The fraction of sp³-hybridized carbons (Fsp3) is 0.846. The largest absolute Gasteiger partial charge is 0.356 e. The quantitative estimate of drug-likeness (QED) is 0.765. The Balaban J connectivity index is 0.00000324. The summed E-state index contributed by atoms with van der Waals surface area (Å²) < 4.78 is 0. The zero-order valence-electron chi connectivity index (χ0n) is 11.9. The van der Waals surface area contributed by atoms with Gasteiger partial charge in [-0.25, -0.2) is 0 Å². The smallest absolute Gasteiger partial charge is 0.223 e. The first-order valence-corrected chi connectivity index (χ1v) is 6.88. The van der Waals surface area contributed by atoms with Crippen LogP contribution in [-0.4, -0.2) is 49.4 Å². The maximum Gasteiger partial charge on any atom is 0.223 e. The van der Waals surface area contributed by atoms with Crippen LogP contribution in [0.2, 0.25) is 0 Å². The van der Waals surface area contributed by atoms with E-state index in [-0.39, 0.29) is 24.2 Å². The molecule has 1 aliphatic heterocycles. The molecule has 2 amide bonds. The van der Waals surface area contributed by atoms with E-state index in [4.69, 9.17) is 0 Å². The van der Waals surface area contributed by atoms with Crippen molar-refractivity contribution in [2.45, 2.75) is 45.1 Å². The van der Waals surface area contributed by atoms with Crippen LogP contribution in [-0.2, 0) is 9.59 Å². The fourth-order valence-electron chi connectivity index (χ4n) is 2.15. The van der Waals surface area contributed by atoms with Gasteiger partial charge in [-0.3, -0.25) is 9.59 Å². The molecule has 1 fully saturated rings. The lowest BCUT2D eigenvalue weighted by atomic mass is 10.0. The summed E-state index contributed by atoms with van der Waals surface area (Å²) in [7, 11) is 1.85. The van der Waals surface area contributed by atoms with Gasteiger partial charge in [-0.2, -0.15) is 0 Å². The molecule has 0 aromatic rings. The van der Waals surface area contributed by atoms with Crippen molar-refractivity contribution >= 4 is 24.2 Å². The molecule has 1 heterocycles. The second-order valence-corrected chi connectivity index (χ2v) is 4.84. The highest BCUT2D eigenvalue weighted by Crippen LogP contribution is 2.11. The number of carbonyl (C=O) groups is 2. The first-order valence-electron chi connectivity index (χ1n) is 6.88. The third kappa shape index (κ3) is 6.78. The SMILES string of the molecule is CCCNC(=O)CCC(=O)N(C)C1CCNCC1.Cl. The Morgan fingerprint density at radius 3 is 2.47 bits per heavy atom. The molecular formula is C13H26ClN3O2. The number of amides is 2. The lowest BCUT2D eigenvalue weighted by Gasteiger charge is -2.31. The molecule has 19 heavy (non-hydrogen) atoms. The maximum atomic E-state index is 11.9. The molecule has 0 spiro atoms. The number of piperidine rings is 1. The molecule has 5 nitrogen and oxygen atoms in total. The molecule has 1 saturated heterocycles. The Bertz CT molecular complexity index is 281. The summed E-state index contributed by atoms with van der Waals surface area (Å²) in [5, 5.41) is 6.07. The maximum absolute atomic E-state index is 11.9. The van der Waals surface area contributed by atoms with Gasteiger partial charge in [0.2, 0.25) is 11.8 Å². The minimum atomic E-state index is -0.0242. The van der Waals surface area contributed by atoms with E-state index in [2.05, 4.69) is 10.6 Å². The molecule has 1 aliphatic rings. The van der Waals surface area contributed by atoms with Gasteiger partial charge in [0.05, 0.1) is 0 Å². The molecule has 112 valence electrons. The average molecular weight is 292 g/mol. The topological polar surface area (TPSA) is 61.4 Å². The molecule has 1 rings (SSSR count). The molecular weight excluding hydrogens is 266 g/mol. The molecule has 0 unspecified atom stereocenters. The van der Waals surface area contributed by atoms with Gasteiger partial charge in [0.1, 0.15) is 0 Å². The van der Waals surface area contributed by atoms with Gasteiger partial charge in [-0.05, 0) is 32.4 Å². The van der Waals surface area contributed by atoms with Gasteiger partial charge in [-0.15, -0.1) is 12.4 Å². The van der Waals surface area contributed by atoms with E-state index in [9.17, 15) is 9.59 Å². The van der Waals surface area contributed by atoms with Crippen LogP contribution < -0.4 is 10.6 Å². The van der Waals surface area contributed by atoms with Crippen LogP contribution in [0.25, 0.3) is 0 Å². The lowest BCUT2D eigenvalue weighted by molar-refractivity contribution is -0.134. The third-order valence-corrected chi connectivity index (χ3v) is 3.39. The monoisotopic (exact) mass is 291 g/mol. The van der Waals surface area contributed by atoms with Gasteiger partial charge in [0.25, 0.3) is 0 Å². The van der Waals surface area contributed by atoms with E-state index < -0.39 is 0 Å². The predicted molar refractivity (Wildman–Crippen MR) is 78.4 cm³/mol. The molecule has 2 N–H and O–H groups in total. The van der Waals surface area contributed by atoms with Crippen LogP contribution >= 0.6 is 12.4 Å². The number of hydrogen-bond acceptors (Lipinski definition) is 3. The minimum absolute atomic E-state index is 0. The highest BCUT2D eigenvalue weighted by molar-refractivity contribution is 5.85. The summed E-state index contributed by atoms with van der Waals surface area (Å²) in [6.07, 6.45) is 3.55. The third-order valence-electron chi connectivity index (χ3n) is 3.39. The Labute approximate surface area is 121 Å². The second kappa shape index (κ2) is 10.0. The van der Waals surface area contributed by atoms with Crippen molar-refractivity contribution in [3.05, 3.63) is 0 Å². The van der Waals surface area contributed by atoms with Gasteiger partial charge in [0.15, 0.2) is 0 Å². The number of carbonyl (C=O) groups excluding carboxylic acids is 2. The van der Waals surface area contributed by atoms with Crippen molar-refractivity contribution in [3.63, 3.8) is 0 Å². The normalized spacial score (nSPS) is 15.5. The summed E-state index contributed by atoms with van der Waals surface area (Å²) in [5.74, 6) is 0.0532. The molecule has 0 atom stereocenters. The van der Waals surface area contributed by atoms with Crippen molar-refractivity contribution in [3.8, 4) is 0 Å². The first kappa shape index (κ1) is 18.2. The molecule has 0 bridgehead atoms. The van der Waals surface area contributed by atoms with Crippen molar-refractivity contribution in [2.24, 2.45) is 0 Å². The average Bonchev–Trinajstić information content (AvgIpc) is 2.42. The summed E-state index contributed by atoms with van der Waals surface area (Å²) in [6, 6.07) is 0.331. The summed E-state index contributed by atoms with van der Waals surface area (Å²) >= 11 is 0. The summed E-state index contributed by atoms with van der Waals surface area (Å²) in [5.41, 5.74) is 0. The van der Waals surface area contributed by atoms with E-state index >= 15 is 0 Å². The Morgan fingerprint density at radius 2 is 1.89 bits per heavy atom. The van der Waals surface area contributed by atoms with Crippen molar-refractivity contribution < 1.29 is 9.59 Å². The van der Waals surface area contributed by atoms with E-state index in [0.29, 0.717) is 25.4 Å². The van der Waals surface area contributed by atoms with Gasteiger partial charge in [-0.1, -0.05) is 6.92 Å². The Hall–Kier alpha value is -0.810. The van der Waals surface area contributed by atoms with Crippen molar-refractivity contribution in [1.82, 2.24) is 15.5 Å². The van der Waals surface area contributed by atoms with Crippen LogP contribution in [0.15, 0.2) is 0 Å². The van der Waals surface area contributed by atoms with Crippen LogP contribution in [0.4, 0.5) is 0 Å². The molecule has 0 radical (unpaired) electrons. The van der Waals surface area contributed by atoms with Crippen LogP contribution in [0.3, 0.4) is 0 Å². The molecule has 6 heteroatoms. The minimum Gasteiger partial charge on any atom is -0.356 e. The number of nitrogens with zero attached hydrogens (tertiary/aromatic N) is 1. The van der Waals surface area contributed by atoms with E-state index in [1.165, 1.54) is 0 Å². The predicted octanol–water partition coefficient (Wildman–Crippen LogP) is 0.925. The standard InChI is InChI=1S/C13H25N3O2.ClH/c1-3-8-15-12(17)4-5-13(18)16(2)11-6-9-14-10-7-11;/h11,14H,3-10H2,1-2H3,(H,15,17);1H. The summed E-state index contributed by atoms with van der Waals surface area (Å²) in [6.45, 7) is 4.64. The molecule has 0 saturated carbocycles. The van der Waals surface area contributed by atoms with Gasteiger partial charge >= 0.3 is 0 Å². The molecule has 0 aromatic carbocycles. The zero-order chi connectivity index (χ0) is 13.4. The van der Waals surface area contributed by atoms with E-state index in [0.717, 1.165) is 32.4 Å². The lowest BCUT2D eigenvalue weighted by Crippen LogP contribution is -2.44. The molecule has 0 aromatic heterocycles. The first-order chi connectivity index (χ1) is 8.65. The van der Waals surface area contributed by atoms with Crippen molar-refractivity contribution in [1.29, 1.82) is 0 Å². The van der Waals surface area contributed by atoms with Crippen molar-refractivity contribution in [2.75, 3.05) is 26.7 Å². The second-order valence-electron chi connectivity index (χ2n) is 4.84. The number of hydrogen-bond donors (Lipinski definition) is 2. The van der Waals surface area contributed by atoms with Gasteiger partial charge < -0.3 is 15.5 Å². The summed E-state index contributed by atoms with van der Waals surface area (Å²) in [4.78, 5) is 25.2. The van der Waals surface area contributed by atoms with E-state index in [1.54, 1.807) is 0 Å². The number of halogens is 1. The zero-order valence-corrected chi connectivity index (χ0v) is 12.7. The van der Waals surface area contributed by atoms with Crippen LogP contribution in [0, 0.1) is 0 Å². The Kier molecular flexibility index (Phi) is 9.61. The van der Waals surface area contributed by atoms with E-state index in [1.807, 2.05) is 18.9 Å². The highest BCUT2D eigenvalue weighted by atomic mass is 35.5. The van der Waals surface area contributed by atoms with Crippen LogP contribution in [0.5, 0.6) is 0 Å². The Morgan fingerprint density at radius 1 is 1.26 bits per heavy atom.